The molecule has 1 amide bonds. The Morgan fingerprint density at radius 1 is 1.18 bits per heavy atom. The summed E-state index contributed by atoms with van der Waals surface area (Å²) >= 11 is 0. The Bertz CT molecular complexity index is 696. The van der Waals surface area contributed by atoms with Crippen LogP contribution in [0.25, 0.3) is 0 Å². The van der Waals surface area contributed by atoms with Gasteiger partial charge in [0.05, 0.1) is 0 Å². The molecule has 1 aromatic carbocycles. The molecule has 2 aromatic rings. The highest BCUT2D eigenvalue weighted by Crippen LogP contribution is 2.29. The van der Waals surface area contributed by atoms with Crippen molar-refractivity contribution in [2.75, 3.05) is 6.54 Å². The van der Waals surface area contributed by atoms with Crippen LogP contribution in [0.1, 0.15) is 17.3 Å². The molecule has 0 spiro atoms. The van der Waals surface area contributed by atoms with E-state index in [4.69, 9.17) is 4.74 Å². The molecule has 1 aromatic heterocycles. The van der Waals surface area contributed by atoms with E-state index in [1.54, 1.807) is 6.92 Å². The number of aromatic nitrogens is 1. The molecule has 116 valence electrons. The number of hydrogen-bond donors (Lipinski definition) is 1. The summed E-state index contributed by atoms with van der Waals surface area (Å²) in [5, 5.41) is 2.52. The van der Waals surface area contributed by atoms with Gasteiger partial charge in [-0.15, -0.1) is 0 Å². The minimum atomic E-state index is -1.83. The highest BCUT2D eigenvalue weighted by molar-refractivity contribution is 5.94. The quantitative estimate of drug-likeness (QED) is 0.696. The lowest BCUT2D eigenvalue weighted by Gasteiger charge is -2.09. The molecular weight excluding hydrogens is 304 g/mol. The number of pyridine rings is 1. The topological polar surface area (TPSA) is 51.2 Å². The average molecular weight is 314 g/mol. The van der Waals surface area contributed by atoms with Gasteiger partial charge >= 0.3 is 0 Å². The predicted octanol–water partition coefficient (Wildman–Crippen LogP) is 3.18. The fourth-order valence-corrected chi connectivity index (χ4v) is 1.64. The SMILES string of the molecule is CCNC(=O)c1cccc(Oc2c(F)c(F)nc(F)c2F)c1. The molecule has 0 fully saturated rings. The summed E-state index contributed by atoms with van der Waals surface area (Å²) in [6.45, 7) is 2.10. The molecular formula is C14H10F4N2O2. The Balaban J connectivity index is 2.36. The largest absolute Gasteiger partial charge is 0.451 e. The van der Waals surface area contributed by atoms with Crippen LogP contribution in [0.15, 0.2) is 24.3 Å². The molecule has 0 aliphatic carbocycles. The second-order valence-electron chi connectivity index (χ2n) is 4.14. The second-order valence-corrected chi connectivity index (χ2v) is 4.14. The van der Waals surface area contributed by atoms with Crippen LogP contribution < -0.4 is 10.1 Å². The van der Waals surface area contributed by atoms with E-state index in [9.17, 15) is 22.4 Å². The van der Waals surface area contributed by atoms with Crippen LogP contribution in [-0.4, -0.2) is 17.4 Å². The lowest BCUT2D eigenvalue weighted by Crippen LogP contribution is -2.22. The third kappa shape index (κ3) is 3.16. The maximum atomic E-state index is 13.5. The van der Waals surface area contributed by atoms with Crippen molar-refractivity contribution in [3.8, 4) is 11.5 Å². The molecule has 2 rings (SSSR count). The van der Waals surface area contributed by atoms with Crippen molar-refractivity contribution < 1.29 is 27.1 Å². The van der Waals surface area contributed by atoms with E-state index >= 15 is 0 Å². The third-order valence-corrected chi connectivity index (χ3v) is 2.61. The first-order valence-corrected chi connectivity index (χ1v) is 6.20. The van der Waals surface area contributed by atoms with Gasteiger partial charge in [0.15, 0.2) is 0 Å². The van der Waals surface area contributed by atoms with Crippen molar-refractivity contribution in [2.45, 2.75) is 6.92 Å². The fourth-order valence-electron chi connectivity index (χ4n) is 1.64. The van der Waals surface area contributed by atoms with E-state index in [1.807, 2.05) is 0 Å². The van der Waals surface area contributed by atoms with Crippen LogP contribution in [0.3, 0.4) is 0 Å². The van der Waals surface area contributed by atoms with Crippen molar-refractivity contribution in [3.63, 3.8) is 0 Å². The standard InChI is InChI=1S/C14H10F4N2O2/c1-2-19-14(21)7-4-3-5-8(6-7)22-11-9(15)12(17)20-13(18)10(11)16/h3-6H,2H2,1H3,(H,19,21). The number of amides is 1. The van der Waals surface area contributed by atoms with E-state index in [2.05, 4.69) is 10.3 Å². The van der Waals surface area contributed by atoms with Crippen molar-refractivity contribution in [1.82, 2.24) is 10.3 Å². The molecule has 0 saturated heterocycles. The van der Waals surface area contributed by atoms with Crippen LogP contribution in [0.2, 0.25) is 0 Å². The Kier molecular flexibility index (Phi) is 4.59. The highest BCUT2D eigenvalue weighted by Gasteiger charge is 2.23. The zero-order valence-corrected chi connectivity index (χ0v) is 11.3. The van der Waals surface area contributed by atoms with Gasteiger partial charge in [-0.25, -0.2) is 0 Å². The molecule has 0 saturated carbocycles. The van der Waals surface area contributed by atoms with Crippen LogP contribution in [-0.2, 0) is 0 Å². The van der Waals surface area contributed by atoms with Gasteiger partial charge in [-0.05, 0) is 25.1 Å². The molecule has 0 atom stereocenters. The molecule has 0 bridgehead atoms. The monoisotopic (exact) mass is 314 g/mol. The van der Waals surface area contributed by atoms with Gasteiger partial charge in [0.1, 0.15) is 5.75 Å². The highest BCUT2D eigenvalue weighted by atomic mass is 19.2. The van der Waals surface area contributed by atoms with Crippen LogP contribution in [0, 0.1) is 23.5 Å². The smallest absolute Gasteiger partial charge is 0.255 e. The third-order valence-electron chi connectivity index (χ3n) is 2.61. The van der Waals surface area contributed by atoms with Gasteiger partial charge in [-0.2, -0.15) is 22.5 Å². The molecule has 0 unspecified atom stereocenters. The Labute approximate surface area is 122 Å². The first-order chi connectivity index (χ1) is 10.4. The van der Waals surface area contributed by atoms with Crippen LogP contribution in [0.4, 0.5) is 17.6 Å². The zero-order chi connectivity index (χ0) is 16.3. The maximum absolute atomic E-state index is 13.5. The van der Waals surface area contributed by atoms with Gasteiger partial charge < -0.3 is 10.1 Å². The average Bonchev–Trinajstić information content (AvgIpc) is 2.50. The molecule has 4 nitrogen and oxygen atoms in total. The van der Waals surface area contributed by atoms with Gasteiger partial charge in [0.2, 0.25) is 17.4 Å². The molecule has 22 heavy (non-hydrogen) atoms. The lowest BCUT2D eigenvalue weighted by molar-refractivity contribution is 0.0955. The van der Waals surface area contributed by atoms with Crippen molar-refractivity contribution in [1.29, 1.82) is 0 Å². The van der Waals surface area contributed by atoms with E-state index in [0.29, 0.717) is 6.54 Å². The summed E-state index contributed by atoms with van der Waals surface area (Å²) in [4.78, 5) is 14.1. The number of nitrogens with zero attached hydrogens (tertiary/aromatic N) is 1. The summed E-state index contributed by atoms with van der Waals surface area (Å²) < 4.78 is 57.7. The number of halogens is 4. The number of carbonyl (C=O) groups excluding carboxylic acids is 1. The Morgan fingerprint density at radius 3 is 2.41 bits per heavy atom. The zero-order valence-electron chi connectivity index (χ0n) is 11.3. The minimum Gasteiger partial charge on any atom is -0.451 e. The Morgan fingerprint density at radius 2 is 1.82 bits per heavy atom. The fraction of sp³-hybridized carbons (Fsp3) is 0.143. The van der Waals surface area contributed by atoms with Gasteiger partial charge in [0, 0.05) is 12.1 Å². The molecule has 1 heterocycles. The normalized spacial score (nSPS) is 10.4. The van der Waals surface area contributed by atoms with Crippen molar-refractivity contribution in [2.24, 2.45) is 0 Å². The number of hydrogen-bond acceptors (Lipinski definition) is 3. The molecule has 1 N–H and O–H groups in total. The summed E-state index contributed by atoms with van der Waals surface area (Å²) in [6.07, 6.45) is 0. The summed E-state index contributed by atoms with van der Waals surface area (Å²) in [5.41, 5.74) is 0.162. The van der Waals surface area contributed by atoms with E-state index in [1.165, 1.54) is 24.3 Å². The number of nitrogens with one attached hydrogen (secondary N) is 1. The number of carbonyl (C=O) groups is 1. The van der Waals surface area contributed by atoms with E-state index in [-0.39, 0.29) is 11.3 Å². The number of benzene rings is 1. The van der Waals surface area contributed by atoms with Gasteiger partial charge in [-0.1, -0.05) is 6.07 Å². The molecule has 0 radical (unpaired) electrons. The van der Waals surface area contributed by atoms with Gasteiger partial charge in [-0.3, -0.25) is 4.79 Å². The summed E-state index contributed by atoms with van der Waals surface area (Å²) in [7, 11) is 0. The van der Waals surface area contributed by atoms with Gasteiger partial charge in [0.25, 0.3) is 17.8 Å². The lowest BCUT2D eigenvalue weighted by atomic mass is 10.2. The Hall–Kier alpha value is -2.64. The predicted molar refractivity (Wildman–Crippen MR) is 68.6 cm³/mol. The molecule has 8 heteroatoms. The summed E-state index contributed by atoms with van der Waals surface area (Å²) in [6, 6.07) is 5.29. The van der Waals surface area contributed by atoms with E-state index in [0.717, 1.165) is 0 Å². The van der Waals surface area contributed by atoms with E-state index < -0.39 is 35.2 Å². The summed E-state index contributed by atoms with van der Waals surface area (Å²) in [5.74, 6) is -9.03. The molecule has 0 aliphatic rings. The first-order valence-electron chi connectivity index (χ1n) is 6.20. The number of ether oxygens (including phenoxy) is 1. The van der Waals surface area contributed by atoms with Crippen LogP contribution >= 0.6 is 0 Å². The maximum Gasteiger partial charge on any atom is 0.255 e. The van der Waals surface area contributed by atoms with Crippen LogP contribution in [0.5, 0.6) is 11.5 Å². The minimum absolute atomic E-state index is 0.161. The van der Waals surface area contributed by atoms with Crippen molar-refractivity contribution >= 4 is 5.91 Å². The molecule has 0 aliphatic heterocycles. The van der Waals surface area contributed by atoms with Crippen molar-refractivity contribution in [3.05, 3.63) is 53.4 Å². The first kappa shape index (κ1) is 15.7. The number of rotatable bonds is 4. The second kappa shape index (κ2) is 6.42.